The van der Waals surface area contributed by atoms with Crippen LogP contribution in [-0.4, -0.2) is 5.78 Å². The smallest absolute Gasteiger partial charge is 0.129 e. The molecule has 1 nitrogen and oxygen atoms in total. The normalized spacial score (nSPS) is 10.8. The minimum absolute atomic E-state index is 0.290. The van der Waals surface area contributed by atoms with E-state index in [2.05, 4.69) is 39.0 Å². The van der Waals surface area contributed by atoms with Gasteiger partial charge < -0.3 is 4.79 Å². The number of ketones is 1. The Morgan fingerprint density at radius 1 is 1.31 bits per heavy atom. The van der Waals surface area contributed by atoms with E-state index in [1.165, 1.54) is 16.7 Å². The second-order valence-electron chi connectivity index (χ2n) is 4.90. The molecule has 0 aliphatic rings. The highest BCUT2D eigenvalue weighted by molar-refractivity contribution is 5.75. The Kier molecular flexibility index (Phi) is 4.72. The van der Waals surface area contributed by atoms with Crippen molar-refractivity contribution in [2.75, 3.05) is 0 Å². The van der Waals surface area contributed by atoms with Crippen LogP contribution in [0.1, 0.15) is 56.2 Å². The lowest BCUT2D eigenvalue weighted by molar-refractivity contribution is -0.117. The van der Waals surface area contributed by atoms with Gasteiger partial charge in [-0.3, -0.25) is 0 Å². The second kappa shape index (κ2) is 5.83. The third-order valence-electron chi connectivity index (χ3n) is 3.01. The van der Waals surface area contributed by atoms with Gasteiger partial charge >= 0.3 is 0 Å². The van der Waals surface area contributed by atoms with Crippen molar-refractivity contribution < 1.29 is 4.79 Å². The quantitative estimate of drug-likeness (QED) is 0.729. The van der Waals surface area contributed by atoms with E-state index in [4.69, 9.17) is 0 Å². The van der Waals surface area contributed by atoms with Crippen molar-refractivity contribution >= 4 is 5.78 Å². The van der Waals surface area contributed by atoms with Gasteiger partial charge in [-0.25, -0.2) is 0 Å². The summed E-state index contributed by atoms with van der Waals surface area (Å²) >= 11 is 0. The Hall–Kier alpha value is -1.11. The van der Waals surface area contributed by atoms with Crippen LogP contribution in [0.4, 0.5) is 0 Å². The second-order valence-corrected chi connectivity index (χ2v) is 4.90. The van der Waals surface area contributed by atoms with Crippen LogP contribution in [-0.2, 0) is 11.2 Å². The summed E-state index contributed by atoms with van der Waals surface area (Å²) in [6, 6.07) is 6.69. The number of carbonyl (C=O) groups is 1. The van der Waals surface area contributed by atoms with Crippen molar-refractivity contribution in [3.8, 4) is 0 Å². The van der Waals surface area contributed by atoms with Gasteiger partial charge in [0.25, 0.3) is 0 Å². The molecule has 0 unspecified atom stereocenters. The third-order valence-corrected chi connectivity index (χ3v) is 3.01. The number of benzene rings is 1. The first-order chi connectivity index (χ1) is 7.50. The Bertz CT molecular complexity index is 364. The number of carbonyl (C=O) groups excluding carboxylic acids is 1. The van der Waals surface area contributed by atoms with E-state index >= 15 is 0 Å². The summed E-state index contributed by atoms with van der Waals surface area (Å²) in [6.45, 7) is 8.23. The monoisotopic (exact) mass is 218 g/mol. The summed E-state index contributed by atoms with van der Waals surface area (Å²) in [5, 5.41) is 0. The molecule has 1 aromatic rings. The van der Waals surface area contributed by atoms with Crippen LogP contribution in [0, 0.1) is 6.92 Å². The first kappa shape index (κ1) is 13.0. The number of hydrogen-bond acceptors (Lipinski definition) is 1. The summed E-state index contributed by atoms with van der Waals surface area (Å²) in [5.41, 5.74) is 4.13. The molecule has 16 heavy (non-hydrogen) atoms. The molecule has 0 aromatic heterocycles. The molecule has 0 amide bonds. The number of aryl methyl sites for hydroxylation is 2. The molecule has 0 aliphatic carbocycles. The highest BCUT2D eigenvalue weighted by atomic mass is 16.1. The van der Waals surface area contributed by atoms with Crippen molar-refractivity contribution in [2.24, 2.45) is 0 Å². The fourth-order valence-electron chi connectivity index (χ4n) is 1.85. The molecule has 0 spiro atoms. The zero-order chi connectivity index (χ0) is 12.1. The van der Waals surface area contributed by atoms with Crippen LogP contribution in [0.5, 0.6) is 0 Å². The first-order valence-electron chi connectivity index (χ1n) is 6.09. The average molecular weight is 218 g/mol. The molecular formula is C15H22O. The van der Waals surface area contributed by atoms with Crippen molar-refractivity contribution in [1.82, 2.24) is 0 Å². The summed E-state index contributed by atoms with van der Waals surface area (Å²) < 4.78 is 0. The van der Waals surface area contributed by atoms with E-state index in [0.717, 1.165) is 12.8 Å². The van der Waals surface area contributed by atoms with Crippen molar-refractivity contribution in [3.05, 3.63) is 34.9 Å². The van der Waals surface area contributed by atoms with Crippen molar-refractivity contribution in [1.29, 1.82) is 0 Å². The molecule has 0 heterocycles. The molecule has 0 saturated heterocycles. The minimum atomic E-state index is 0.290. The van der Waals surface area contributed by atoms with E-state index in [1.54, 1.807) is 6.92 Å². The number of hydrogen-bond donors (Lipinski definition) is 0. The van der Waals surface area contributed by atoms with E-state index in [9.17, 15) is 4.79 Å². The van der Waals surface area contributed by atoms with Gasteiger partial charge in [0, 0.05) is 6.42 Å². The number of rotatable bonds is 5. The van der Waals surface area contributed by atoms with Gasteiger partial charge in [-0.05, 0) is 49.3 Å². The van der Waals surface area contributed by atoms with Gasteiger partial charge in [-0.15, -0.1) is 0 Å². The molecule has 0 saturated carbocycles. The largest absolute Gasteiger partial charge is 0.300 e. The van der Waals surface area contributed by atoms with Gasteiger partial charge in [0.2, 0.25) is 0 Å². The highest BCUT2D eigenvalue weighted by Gasteiger charge is 2.04. The highest BCUT2D eigenvalue weighted by Crippen LogP contribution is 2.20. The minimum Gasteiger partial charge on any atom is -0.300 e. The van der Waals surface area contributed by atoms with Crippen molar-refractivity contribution in [2.45, 2.75) is 52.9 Å². The summed E-state index contributed by atoms with van der Waals surface area (Å²) in [4.78, 5) is 10.9. The van der Waals surface area contributed by atoms with Gasteiger partial charge in [0.1, 0.15) is 5.78 Å². The van der Waals surface area contributed by atoms with Crippen LogP contribution < -0.4 is 0 Å². The molecule has 0 atom stereocenters. The average Bonchev–Trinajstić information content (AvgIpc) is 2.20. The van der Waals surface area contributed by atoms with Crippen LogP contribution in [0.2, 0.25) is 0 Å². The lowest BCUT2D eigenvalue weighted by Gasteiger charge is -2.11. The fourth-order valence-corrected chi connectivity index (χ4v) is 1.85. The third kappa shape index (κ3) is 3.80. The molecule has 1 heteroatoms. The number of Topliss-reactive ketones (excluding diaryl/α,β-unsaturated/α-hetero) is 1. The summed E-state index contributed by atoms with van der Waals surface area (Å²) in [7, 11) is 0. The lowest BCUT2D eigenvalue weighted by Crippen LogP contribution is -1.97. The van der Waals surface area contributed by atoms with Gasteiger partial charge in [-0.2, -0.15) is 0 Å². The van der Waals surface area contributed by atoms with E-state index in [1.807, 2.05) is 0 Å². The van der Waals surface area contributed by atoms with Gasteiger partial charge in [0.15, 0.2) is 0 Å². The molecule has 0 fully saturated rings. The zero-order valence-corrected chi connectivity index (χ0v) is 10.8. The van der Waals surface area contributed by atoms with E-state index in [0.29, 0.717) is 12.3 Å². The van der Waals surface area contributed by atoms with E-state index < -0.39 is 0 Å². The first-order valence-corrected chi connectivity index (χ1v) is 6.09. The van der Waals surface area contributed by atoms with E-state index in [-0.39, 0.29) is 5.78 Å². The van der Waals surface area contributed by atoms with Crippen LogP contribution in [0.15, 0.2) is 18.2 Å². The molecule has 1 rings (SSSR count). The molecule has 0 bridgehead atoms. The molecule has 0 radical (unpaired) electrons. The van der Waals surface area contributed by atoms with Crippen LogP contribution in [0.25, 0.3) is 0 Å². The molecule has 88 valence electrons. The van der Waals surface area contributed by atoms with Crippen molar-refractivity contribution in [3.63, 3.8) is 0 Å². The predicted octanol–water partition coefficient (Wildman–Crippen LogP) is 4.03. The maximum absolute atomic E-state index is 10.9. The lowest BCUT2D eigenvalue weighted by atomic mass is 9.95. The molecule has 0 N–H and O–H groups in total. The predicted molar refractivity (Wildman–Crippen MR) is 68.9 cm³/mol. The Morgan fingerprint density at radius 3 is 2.56 bits per heavy atom. The fraction of sp³-hybridized carbons (Fsp3) is 0.533. The standard InChI is InChI=1S/C15H22O/c1-11(2)14-9-8-12(3)15(10-14)7-5-6-13(4)16/h8-11H,5-7H2,1-4H3. The maximum atomic E-state index is 10.9. The summed E-state index contributed by atoms with van der Waals surface area (Å²) in [6.07, 6.45) is 2.69. The topological polar surface area (TPSA) is 17.1 Å². The SMILES string of the molecule is CC(=O)CCCc1cc(C(C)C)ccc1C. The Balaban J connectivity index is 2.70. The molecule has 0 aliphatic heterocycles. The summed E-state index contributed by atoms with van der Waals surface area (Å²) in [5.74, 6) is 0.866. The Labute approximate surface area is 98.9 Å². The van der Waals surface area contributed by atoms with Crippen LogP contribution in [0.3, 0.4) is 0 Å². The van der Waals surface area contributed by atoms with Gasteiger partial charge in [-0.1, -0.05) is 32.0 Å². The zero-order valence-electron chi connectivity index (χ0n) is 10.8. The van der Waals surface area contributed by atoms with Crippen LogP contribution >= 0.6 is 0 Å². The molecule has 1 aromatic carbocycles. The Morgan fingerprint density at radius 2 is 2.00 bits per heavy atom. The van der Waals surface area contributed by atoms with Gasteiger partial charge in [0.05, 0.1) is 0 Å². The molecular weight excluding hydrogens is 196 g/mol. The maximum Gasteiger partial charge on any atom is 0.129 e.